The van der Waals surface area contributed by atoms with Gasteiger partial charge in [0.25, 0.3) is 5.69 Å². The smallest absolute Gasteiger partial charge is 0.426 e. The Balaban J connectivity index is 1.53. The Morgan fingerprint density at radius 3 is 2.73 bits per heavy atom. The van der Waals surface area contributed by atoms with Crippen LogP contribution in [0.2, 0.25) is 0 Å². The molecule has 1 aliphatic rings. The standard InChI is InChI=1S/C15H13N3O7S/c19-14(3-9-1-2-26-7-9)16-17-15(20)23-6-10-4-12-13(25-8-24-12)5-11(10)18(21)22/h1-2,4-5,7H,3,6,8H2,(H,16,19)(H,17,20). The normalized spacial score (nSPS) is 11.7. The highest BCUT2D eigenvalue weighted by Gasteiger charge is 2.24. The van der Waals surface area contributed by atoms with E-state index in [9.17, 15) is 19.7 Å². The van der Waals surface area contributed by atoms with Crippen molar-refractivity contribution in [2.45, 2.75) is 13.0 Å². The summed E-state index contributed by atoms with van der Waals surface area (Å²) in [5.74, 6) is 0.165. The first kappa shape index (κ1) is 17.5. The van der Waals surface area contributed by atoms with Gasteiger partial charge in [-0.1, -0.05) is 0 Å². The Bertz CT molecular complexity index is 838. The maximum atomic E-state index is 11.7. The predicted octanol–water partition coefficient (Wildman–Crippen LogP) is 1.89. The van der Waals surface area contributed by atoms with Crippen molar-refractivity contribution in [1.29, 1.82) is 0 Å². The quantitative estimate of drug-likeness (QED) is 0.599. The van der Waals surface area contributed by atoms with E-state index >= 15 is 0 Å². The molecule has 2 N–H and O–H groups in total. The summed E-state index contributed by atoms with van der Waals surface area (Å²) in [6.07, 6.45) is -0.840. The number of ether oxygens (including phenoxy) is 3. The van der Waals surface area contributed by atoms with Gasteiger partial charge in [-0.3, -0.25) is 20.3 Å². The van der Waals surface area contributed by atoms with E-state index in [2.05, 4.69) is 10.9 Å². The molecule has 2 heterocycles. The van der Waals surface area contributed by atoms with Gasteiger partial charge in [-0.2, -0.15) is 11.3 Å². The summed E-state index contributed by atoms with van der Waals surface area (Å²) in [5.41, 5.74) is 4.98. The molecule has 0 spiro atoms. The molecule has 26 heavy (non-hydrogen) atoms. The number of hydrazine groups is 1. The number of nitrogens with one attached hydrogen (secondary N) is 2. The van der Waals surface area contributed by atoms with Gasteiger partial charge in [0.2, 0.25) is 12.7 Å². The van der Waals surface area contributed by atoms with Crippen molar-refractivity contribution in [2.75, 3.05) is 6.79 Å². The number of hydrogen-bond acceptors (Lipinski definition) is 8. The van der Waals surface area contributed by atoms with Crippen LogP contribution in [0.15, 0.2) is 29.0 Å². The average molecular weight is 379 g/mol. The minimum absolute atomic E-state index is 0.0343. The van der Waals surface area contributed by atoms with E-state index < -0.39 is 16.9 Å². The zero-order chi connectivity index (χ0) is 18.5. The number of carbonyl (C=O) groups is 2. The first-order valence-electron chi connectivity index (χ1n) is 7.32. The van der Waals surface area contributed by atoms with Crippen LogP contribution in [0.1, 0.15) is 11.1 Å². The van der Waals surface area contributed by atoms with Crippen LogP contribution in [0.25, 0.3) is 0 Å². The van der Waals surface area contributed by atoms with Crippen LogP contribution >= 0.6 is 11.3 Å². The molecule has 0 aliphatic carbocycles. The second kappa shape index (κ2) is 7.70. The lowest BCUT2D eigenvalue weighted by Crippen LogP contribution is -2.42. The molecule has 3 rings (SSSR count). The molecule has 136 valence electrons. The predicted molar refractivity (Wildman–Crippen MR) is 88.7 cm³/mol. The number of thiophene rings is 1. The van der Waals surface area contributed by atoms with E-state index in [1.54, 1.807) is 6.07 Å². The Hall–Kier alpha value is -3.34. The molecular formula is C15H13N3O7S. The fourth-order valence-corrected chi connectivity index (χ4v) is 2.85. The van der Waals surface area contributed by atoms with Crippen LogP contribution in [0.5, 0.6) is 11.5 Å². The molecule has 2 amide bonds. The summed E-state index contributed by atoms with van der Waals surface area (Å²) < 4.78 is 15.1. The summed E-state index contributed by atoms with van der Waals surface area (Å²) in [5, 5.41) is 14.8. The van der Waals surface area contributed by atoms with Gasteiger partial charge in [-0.05, 0) is 28.5 Å². The van der Waals surface area contributed by atoms with Crippen molar-refractivity contribution < 1.29 is 28.7 Å². The lowest BCUT2D eigenvalue weighted by atomic mass is 10.1. The van der Waals surface area contributed by atoms with Crippen molar-refractivity contribution in [3.8, 4) is 11.5 Å². The van der Waals surface area contributed by atoms with Crippen molar-refractivity contribution in [1.82, 2.24) is 10.9 Å². The van der Waals surface area contributed by atoms with Crippen LogP contribution in [0.3, 0.4) is 0 Å². The number of fused-ring (bicyclic) bond motifs is 1. The number of nitrogens with zero attached hydrogens (tertiary/aromatic N) is 1. The number of nitro benzene ring substituents is 1. The van der Waals surface area contributed by atoms with Gasteiger partial charge in [0, 0.05) is 0 Å². The minimum atomic E-state index is -0.948. The van der Waals surface area contributed by atoms with Gasteiger partial charge in [0.05, 0.1) is 23.0 Å². The third-order valence-corrected chi connectivity index (χ3v) is 4.11. The highest BCUT2D eigenvalue weighted by molar-refractivity contribution is 7.08. The van der Waals surface area contributed by atoms with Crippen LogP contribution in [-0.4, -0.2) is 23.7 Å². The van der Waals surface area contributed by atoms with Crippen LogP contribution < -0.4 is 20.3 Å². The number of nitro groups is 1. The highest BCUT2D eigenvalue weighted by Crippen LogP contribution is 2.38. The molecule has 0 atom stereocenters. The molecule has 0 unspecified atom stereocenters. The fraction of sp³-hybridized carbons (Fsp3) is 0.200. The molecule has 0 saturated carbocycles. The molecule has 0 bridgehead atoms. The molecule has 10 nitrogen and oxygen atoms in total. The number of rotatable bonds is 5. The topological polar surface area (TPSA) is 129 Å². The Morgan fingerprint density at radius 2 is 2.04 bits per heavy atom. The van der Waals surface area contributed by atoms with Gasteiger partial charge in [0.15, 0.2) is 11.5 Å². The third-order valence-electron chi connectivity index (χ3n) is 3.38. The first-order valence-corrected chi connectivity index (χ1v) is 8.27. The number of benzene rings is 1. The molecule has 0 fully saturated rings. The SMILES string of the molecule is O=C(Cc1ccsc1)NNC(=O)OCc1cc2c(cc1[N+](=O)[O-])OCO2. The molecule has 2 aromatic rings. The maximum absolute atomic E-state index is 11.7. The van der Waals surface area contributed by atoms with Crippen LogP contribution in [0.4, 0.5) is 10.5 Å². The lowest BCUT2D eigenvalue weighted by Gasteiger charge is -2.09. The number of carbonyl (C=O) groups excluding carboxylic acids is 2. The Kier molecular flexibility index (Phi) is 5.17. The maximum Gasteiger partial charge on any atom is 0.426 e. The zero-order valence-corrected chi connectivity index (χ0v) is 14.0. The summed E-state index contributed by atoms with van der Waals surface area (Å²) in [4.78, 5) is 33.9. The van der Waals surface area contributed by atoms with Crippen molar-refractivity contribution in [3.63, 3.8) is 0 Å². The van der Waals surface area contributed by atoms with Crippen LogP contribution in [-0.2, 0) is 22.6 Å². The van der Waals surface area contributed by atoms with E-state index in [1.165, 1.54) is 23.5 Å². The van der Waals surface area contributed by atoms with Gasteiger partial charge in [-0.15, -0.1) is 0 Å². The largest absolute Gasteiger partial charge is 0.454 e. The lowest BCUT2D eigenvalue weighted by molar-refractivity contribution is -0.385. The number of hydrogen-bond donors (Lipinski definition) is 2. The van der Waals surface area contributed by atoms with Gasteiger partial charge >= 0.3 is 6.09 Å². The second-order valence-corrected chi connectivity index (χ2v) is 5.93. The molecule has 0 radical (unpaired) electrons. The van der Waals surface area contributed by atoms with Crippen molar-refractivity contribution in [3.05, 3.63) is 50.2 Å². The van der Waals surface area contributed by atoms with Gasteiger partial charge < -0.3 is 14.2 Å². The fourth-order valence-electron chi connectivity index (χ4n) is 2.18. The summed E-state index contributed by atoms with van der Waals surface area (Å²) >= 11 is 1.46. The van der Waals surface area contributed by atoms with E-state index in [4.69, 9.17) is 14.2 Å². The molecular weight excluding hydrogens is 366 g/mol. The van der Waals surface area contributed by atoms with Crippen LogP contribution in [0, 0.1) is 10.1 Å². The minimum Gasteiger partial charge on any atom is -0.454 e. The van der Waals surface area contributed by atoms with Crippen molar-refractivity contribution in [2.24, 2.45) is 0 Å². The summed E-state index contributed by atoms with van der Waals surface area (Å²) in [6, 6.07) is 4.38. The van der Waals surface area contributed by atoms with Gasteiger partial charge in [-0.25, -0.2) is 10.2 Å². The monoisotopic (exact) mass is 379 g/mol. The first-order chi connectivity index (χ1) is 12.5. The zero-order valence-electron chi connectivity index (χ0n) is 13.2. The van der Waals surface area contributed by atoms with E-state index in [1.807, 2.05) is 10.8 Å². The summed E-state index contributed by atoms with van der Waals surface area (Å²) in [6.45, 7) is -0.410. The highest BCUT2D eigenvalue weighted by atomic mass is 32.1. The molecule has 1 aromatic heterocycles. The number of amides is 2. The van der Waals surface area contributed by atoms with E-state index in [0.717, 1.165) is 5.56 Å². The second-order valence-electron chi connectivity index (χ2n) is 5.15. The van der Waals surface area contributed by atoms with Crippen molar-refractivity contribution >= 4 is 29.0 Å². The van der Waals surface area contributed by atoms with E-state index in [0.29, 0.717) is 5.75 Å². The van der Waals surface area contributed by atoms with Gasteiger partial charge in [0.1, 0.15) is 6.61 Å². The molecule has 11 heteroatoms. The third kappa shape index (κ3) is 4.19. The Labute approximate surface area is 150 Å². The summed E-state index contributed by atoms with van der Waals surface area (Å²) in [7, 11) is 0. The average Bonchev–Trinajstić information content (AvgIpc) is 3.28. The molecule has 1 aromatic carbocycles. The Morgan fingerprint density at radius 1 is 1.27 bits per heavy atom. The van der Waals surface area contributed by atoms with E-state index in [-0.39, 0.29) is 36.8 Å². The molecule has 0 saturated heterocycles. The molecule has 1 aliphatic heterocycles.